The lowest BCUT2D eigenvalue weighted by atomic mass is 10.1. The predicted molar refractivity (Wildman–Crippen MR) is 73.3 cm³/mol. The highest BCUT2D eigenvalue weighted by molar-refractivity contribution is 7.92. The lowest BCUT2D eigenvalue weighted by molar-refractivity contribution is 0.598. The summed E-state index contributed by atoms with van der Waals surface area (Å²) in [5.41, 5.74) is 2.72. The summed E-state index contributed by atoms with van der Waals surface area (Å²) in [4.78, 5) is 0. The average Bonchev–Trinajstić information content (AvgIpc) is 2.14. The Labute approximate surface area is 108 Å². The molecule has 0 aromatic heterocycles. The highest BCUT2D eigenvalue weighted by Crippen LogP contribution is 2.15. The second-order valence-electron chi connectivity index (χ2n) is 4.19. The quantitative estimate of drug-likeness (QED) is 0.641. The zero-order chi connectivity index (χ0) is 12.9. The van der Waals surface area contributed by atoms with Crippen LogP contribution >= 0.6 is 11.6 Å². The fourth-order valence-corrected chi connectivity index (χ4v) is 3.00. The van der Waals surface area contributed by atoms with Gasteiger partial charge in [-0.25, -0.2) is 8.42 Å². The maximum atomic E-state index is 11.7. The monoisotopic (exact) mass is 275 g/mol. The molecule has 1 aromatic rings. The highest BCUT2D eigenvalue weighted by Gasteiger charge is 2.10. The number of alkyl halides is 1. The first-order valence-corrected chi connectivity index (χ1v) is 7.76. The van der Waals surface area contributed by atoms with Gasteiger partial charge in [-0.2, -0.15) is 0 Å². The molecule has 96 valence electrons. The summed E-state index contributed by atoms with van der Waals surface area (Å²) < 4.78 is 26.1. The van der Waals surface area contributed by atoms with E-state index in [1.807, 2.05) is 32.0 Å². The molecule has 1 N–H and O–H groups in total. The number of nitrogens with one attached hydrogen (secondary N) is 1. The van der Waals surface area contributed by atoms with Gasteiger partial charge in [-0.05, 0) is 49.9 Å². The fourth-order valence-electron chi connectivity index (χ4n) is 1.65. The molecule has 0 aliphatic rings. The molecular formula is C12H18ClNO2S. The van der Waals surface area contributed by atoms with Crippen LogP contribution in [-0.2, 0) is 10.0 Å². The number of unbranched alkanes of at least 4 members (excludes halogenated alkanes) is 1. The number of aryl methyl sites for hydroxylation is 2. The summed E-state index contributed by atoms with van der Waals surface area (Å²) in [6.45, 7) is 3.89. The summed E-state index contributed by atoms with van der Waals surface area (Å²) in [5, 5.41) is 0. The van der Waals surface area contributed by atoms with Gasteiger partial charge in [0.1, 0.15) is 0 Å². The van der Waals surface area contributed by atoms with Crippen LogP contribution in [0.3, 0.4) is 0 Å². The summed E-state index contributed by atoms with van der Waals surface area (Å²) in [6.07, 6.45) is 1.30. The average molecular weight is 276 g/mol. The zero-order valence-electron chi connectivity index (χ0n) is 10.2. The fraction of sp³-hybridized carbons (Fsp3) is 0.500. The molecule has 0 bridgehead atoms. The summed E-state index contributed by atoms with van der Waals surface area (Å²) in [5.74, 6) is 0.617. The third kappa shape index (κ3) is 5.41. The van der Waals surface area contributed by atoms with E-state index in [4.69, 9.17) is 11.6 Å². The van der Waals surface area contributed by atoms with Crippen LogP contribution in [0.1, 0.15) is 24.0 Å². The minimum absolute atomic E-state index is 0.118. The molecule has 0 saturated carbocycles. The summed E-state index contributed by atoms with van der Waals surface area (Å²) in [7, 11) is -3.25. The topological polar surface area (TPSA) is 46.2 Å². The Morgan fingerprint density at radius 1 is 1.12 bits per heavy atom. The molecule has 0 atom stereocenters. The Hall–Kier alpha value is -0.740. The molecule has 0 amide bonds. The van der Waals surface area contributed by atoms with E-state index in [1.165, 1.54) is 0 Å². The van der Waals surface area contributed by atoms with Crippen LogP contribution in [-0.4, -0.2) is 20.1 Å². The van der Waals surface area contributed by atoms with Crippen molar-refractivity contribution >= 4 is 27.3 Å². The normalized spacial score (nSPS) is 11.5. The van der Waals surface area contributed by atoms with Gasteiger partial charge in [0, 0.05) is 11.6 Å². The van der Waals surface area contributed by atoms with Crippen molar-refractivity contribution in [3.8, 4) is 0 Å². The van der Waals surface area contributed by atoms with Crippen molar-refractivity contribution in [1.82, 2.24) is 0 Å². The molecule has 1 rings (SSSR count). The van der Waals surface area contributed by atoms with Gasteiger partial charge in [0.2, 0.25) is 10.0 Å². The van der Waals surface area contributed by atoms with Gasteiger partial charge >= 0.3 is 0 Å². The third-order valence-electron chi connectivity index (χ3n) is 2.29. The Bertz CT molecular complexity index is 451. The third-order valence-corrected chi connectivity index (χ3v) is 3.93. The van der Waals surface area contributed by atoms with Gasteiger partial charge in [-0.1, -0.05) is 6.07 Å². The van der Waals surface area contributed by atoms with Crippen LogP contribution in [0.4, 0.5) is 5.69 Å². The van der Waals surface area contributed by atoms with Crippen molar-refractivity contribution in [3.05, 3.63) is 29.3 Å². The largest absolute Gasteiger partial charge is 0.284 e. The van der Waals surface area contributed by atoms with Gasteiger partial charge in [-0.3, -0.25) is 4.72 Å². The molecule has 0 fully saturated rings. The van der Waals surface area contributed by atoms with Gasteiger partial charge < -0.3 is 0 Å². The molecule has 0 aliphatic heterocycles. The molecule has 1 aromatic carbocycles. The van der Waals surface area contributed by atoms with Gasteiger partial charge in [0.05, 0.1) is 5.75 Å². The molecule has 0 spiro atoms. The number of benzene rings is 1. The van der Waals surface area contributed by atoms with Crippen LogP contribution in [0.2, 0.25) is 0 Å². The van der Waals surface area contributed by atoms with E-state index in [0.29, 0.717) is 18.0 Å². The summed E-state index contributed by atoms with van der Waals surface area (Å²) in [6, 6.07) is 5.66. The first kappa shape index (κ1) is 14.3. The van der Waals surface area contributed by atoms with E-state index in [9.17, 15) is 8.42 Å². The van der Waals surface area contributed by atoms with Gasteiger partial charge in [0.15, 0.2) is 0 Å². The smallest absolute Gasteiger partial charge is 0.232 e. The van der Waals surface area contributed by atoms with Gasteiger partial charge in [0.25, 0.3) is 0 Å². The van der Waals surface area contributed by atoms with Gasteiger partial charge in [-0.15, -0.1) is 11.6 Å². The van der Waals surface area contributed by atoms with E-state index in [0.717, 1.165) is 17.5 Å². The molecular weight excluding hydrogens is 258 g/mol. The van der Waals surface area contributed by atoms with E-state index in [1.54, 1.807) is 0 Å². The molecule has 0 aliphatic carbocycles. The second-order valence-corrected chi connectivity index (χ2v) is 6.41. The molecule has 3 nitrogen and oxygen atoms in total. The van der Waals surface area contributed by atoms with E-state index >= 15 is 0 Å². The second kappa shape index (κ2) is 6.26. The Kier molecular flexibility index (Phi) is 5.28. The maximum Gasteiger partial charge on any atom is 0.232 e. The number of rotatable bonds is 6. The minimum Gasteiger partial charge on any atom is -0.284 e. The minimum atomic E-state index is -3.25. The van der Waals surface area contributed by atoms with Crippen molar-refractivity contribution in [2.75, 3.05) is 16.4 Å². The molecule has 0 radical (unpaired) electrons. The van der Waals surface area contributed by atoms with E-state index in [-0.39, 0.29) is 5.75 Å². The number of anilines is 1. The van der Waals surface area contributed by atoms with Crippen molar-refractivity contribution in [2.45, 2.75) is 26.7 Å². The van der Waals surface area contributed by atoms with Crippen molar-refractivity contribution in [1.29, 1.82) is 0 Å². The number of halogens is 1. The molecule has 0 heterocycles. The Balaban J connectivity index is 2.69. The zero-order valence-corrected chi connectivity index (χ0v) is 11.7. The molecule has 17 heavy (non-hydrogen) atoms. The van der Waals surface area contributed by atoms with E-state index < -0.39 is 10.0 Å². The van der Waals surface area contributed by atoms with Crippen LogP contribution in [0, 0.1) is 13.8 Å². The molecule has 0 unspecified atom stereocenters. The molecule has 0 saturated heterocycles. The maximum absolute atomic E-state index is 11.7. The first-order chi connectivity index (χ1) is 7.93. The standard InChI is InChI=1S/C12H18ClNO2S/c1-10-7-11(2)9-12(8-10)14-17(15,16)6-4-3-5-13/h7-9,14H,3-6H2,1-2H3. The number of hydrogen-bond donors (Lipinski definition) is 1. The lowest BCUT2D eigenvalue weighted by Crippen LogP contribution is -2.16. The number of hydrogen-bond acceptors (Lipinski definition) is 2. The van der Waals surface area contributed by atoms with Crippen LogP contribution < -0.4 is 4.72 Å². The van der Waals surface area contributed by atoms with Crippen LogP contribution in [0.15, 0.2) is 18.2 Å². The SMILES string of the molecule is Cc1cc(C)cc(NS(=O)(=O)CCCCCl)c1. The van der Waals surface area contributed by atoms with Crippen molar-refractivity contribution < 1.29 is 8.42 Å². The van der Waals surface area contributed by atoms with Crippen LogP contribution in [0.25, 0.3) is 0 Å². The lowest BCUT2D eigenvalue weighted by Gasteiger charge is -2.09. The predicted octanol–water partition coefficient (Wildman–Crippen LogP) is 3.06. The first-order valence-electron chi connectivity index (χ1n) is 5.58. The van der Waals surface area contributed by atoms with E-state index in [2.05, 4.69) is 4.72 Å². The van der Waals surface area contributed by atoms with Crippen molar-refractivity contribution in [2.24, 2.45) is 0 Å². The van der Waals surface area contributed by atoms with Crippen LogP contribution in [0.5, 0.6) is 0 Å². The summed E-state index contributed by atoms with van der Waals surface area (Å²) >= 11 is 5.52. The highest BCUT2D eigenvalue weighted by atomic mass is 35.5. The van der Waals surface area contributed by atoms with Crippen molar-refractivity contribution in [3.63, 3.8) is 0 Å². The Morgan fingerprint density at radius 2 is 1.71 bits per heavy atom. The Morgan fingerprint density at radius 3 is 2.24 bits per heavy atom. The number of sulfonamides is 1. The molecule has 5 heteroatoms.